The zero-order valence-corrected chi connectivity index (χ0v) is 19.0. The number of hydrogen-bond acceptors (Lipinski definition) is 3. The molecule has 5 nitrogen and oxygen atoms in total. The van der Waals surface area contributed by atoms with Gasteiger partial charge in [0.15, 0.2) is 0 Å². The number of nitrogens with two attached hydrogens (primary N) is 1. The quantitative estimate of drug-likeness (QED) is 0.300. The van der Waals surface area contributed by atoms with Gasteiger partial charge in [0.1, 0.15) is 0 Å². The molecule has 0 aliphatic carbocycles. The zero-order chi connectivity index (χ0) is 19.8. The second kappa shape index (κ2) is 7.98. The van der Waals surface area contributed by atoms with Crippen LogP contribution < -0.4 is 11.1 Å². The van der Waals surface area contributed by atoms with E-state index in [1.165, 1.54) is 0 Å². The Morgan fingerprint density at radius 2 is 2.07 bits per heavy atom. The molecule has 28 heavy (non-hydrogen) atoms. The summed E-state index contributed by atoms with van der Waals surface area (Å²) in [5, 5.41) is 5.09. The van der Waals surface area contributed by atoms with Crippen LogP contribution in [0.25, 0.3) is 33.1 Å². The maximum absolute atomic E-state index is 12.8. The molecule has 2 aromatic carbocycles. The predicted octanol–water partition coefficient (Wildman–Crippen LogP) is 5.09. The van der Waals surface area contributed by atoms with E-state index in [0.29, 0.717) is 34.9 Å². The Labute approximate surface area is 188 Å². The van der Waals surface area contributed by atoms with Gasteiger partial charge < -0.3 is 16.0 Å². The fraction of sp³-hybridized carbons (Fsp3) is 0.100. The average Bonchev–Trinajstić information content (AvgIpc) is 3.08. The lowest BCUT2D eigenvalue weighted by Crippen LogP contribution is -2.29. The number of H-pyrrole nitrogens is 1. The van der Waals surface area contributed by atoms with Crippen LogP contribution in [0.5, 0.6) is 0 Å². The number of nitrogens with one attached hydrogen (secondary N) is 2. The van der Waals surface area contributed by atoms with Gasteiger partial charge in [0, 0.05) is 49.2 Å². The van der Waals surface area contributed by atoms with E-state index in [2.05, 4.69) is 48.8 Å². The van der Waals surface area contributed by atoms with Crippen molar-refractivity contribution in [3.05, 3.63) is 61.2 Å². The van der Waals surface area contributed by atoms with Crippen molar-refractivity contribution in [1.29, 1.82) is 0 Å². The van der Waals surface area contributed by atoms with Crippen molar-refractivity contribution >= 4 is 77.8 Å². The van der Waals surface area contributed by atoms with Gasteiger partial charge >= 0.3 is 0 Å². The van der Waals surface area contributed by atoms with Gasteiger partial charge in [0.05, 0.1) is 21.8 Å². The van der Waals surface area contributed by atoms with Gasteiger partial charge in [0.2, 0.25) is 0 Å². The molecule has 0 radical (unpaired) electrons. The first-order valence-corrected chi connectivity index (χ1v) is 10.8. The van der Waals surface area contributed by atoms with E-state index >= 15 is 0 Å². The maximum Gasteiger partial charge on any atom is 0.252 e. The number of aromatic amines is 1. The Kier molecular flexibility index (Phi) is 5.59. The normalized spacial score (nSPS) is 11.3. The molecule has 0 fully saturated rings. The first kappa shape index (κ1) is 19.6. The lowest BCUT2D eigenvalue weighted by Gasteiger charge is -2.11. The van der Waals surface area contributed by atoms with E-state index in [4.69, 9.17) is 22.3 Å². The smallest absolute Gasteiger partial charge is 0.252 e. The van der Waals surface area contributed by atoms with Gasteiger partial charge in [-0.15, -0.1) is 0 Å². The molecular weight excluding hydrogens is 555 g/mol. The fourth-order valence-electron chi connectivity index (χ4n) is 3.16. The Hall–Kier alpha value is -1.68. The van der Waals surface area contributed by atoms with Crippen LogP contribution in [0.15, 0.2) is 47.1 Å². The molecule has 1 amide bonds. The van der Waals surface area contributed by atoms with Crippen LogP contribution in [0.4, 0.5) is 0 Å². The summed E-state index contributed by atoms with van der Waals surface area (Å²) >= 11 is 12.2. The van der Waals surface area contributed by atoms with Gasteiger partial charge in [-0.2, -0.15) is 0 Å². The number of rotatable bonds is 4. The van der Waals surface area contributed by atoms with Crippen molar-refractivity contribution in [2.24, 2.45) is 5.73 Å². The highest BCUT2D eigenvalue weighted by molar-refractivity contribution is 14.1. The molecule has 142 valence electrons. The highest BCUT2D eigenvalue weighted by Crippen LogP contribution is 2.34. The summed E-state index contributed by atoms with van der Waals surface area (Å²) in [5.74, 6) is -0.196. The van der Waals surface area contributed by atoms with Crippen molar-refractivity contribution in [2.75, 3.05) is 13.1 Å². The maximum atomic E-state index is 12.8. The minimum Gasteiger partial charge on any atom is -0.360 e. The summed E-state index contributed by atoms with van der Waals surface area (Å²) in [4.78, 5) is 20.9. The Morgan fingerprint density at radius 3 is 2.86 bits per heavy atom. The van der Waals surface area contributed by atoms with Gasteiger partial charge in [-0.1, -0.05) is 27.5 Å². The number of nitrogens with zero attached hydrogens (tertiary/aromatic N) is 1. The van der Waals surface area contributed by atoms with Crippen LogP contribution in [-0.2, 0) is 0 Å². The van der Waals surface area contributed by atoms with Crippen LogP contribution in [0, 0.1) is 3.57 Å². The number of halogens is 3. The monoisotopic (exact) mass is 568 g/mol. The second-order valence-corrected chi connectivity index (χ2v) is 8.84. The predicted molar refractivity (Wildman–Crippen MR) is 126 cm³/mol. The van der Waals surface area contributed by atoms with Gasteiger partial charge in [-0.3, -0.25) is 4.79 Å². The Morgan fingerprint density at radius 1 is 1.25 bits per heavy atom. The van der Waals surface area contributed by atoms with Crippen molar-refractivity contribution in [2.45, 2.75) is 0 Å². The number of carbonyl (C=O) groups excluding carboxylic acids is 1. The third-order valence-electron chi connectivity index (χ3n) is 4.43. The molecule has 0 saturated carbocycles. The lowest BCUT2D eigenvalue weighted by molar-refractivity contribution is 0.0956. The molecule has 8 heteroatoms. The molecular formula is C20H15BrClIN4O. The first-order valence-electron chi connectivity index (χ1n) is 8.53. The van der Waals surface area contributed by atoms with E-state index < -0.39 is 0 Å². The Bertz CT molecular complexity index is 1220. The molecule has 0 aliphatic rings. The zero-order valence-electron chi connectivity index (χ0n) is 14.5. The van der Waals surface area contributed by atoms with Crippen LogP contribution in [0.3, 0.4) is 0 Å². The molecule has 2 aromatic heterocycles. The molecule has 4 N–H and O–H groups in total. The third kappa shape index (κ3) is 3.63. The minimum atomic E-state index is -0.196. The van der Waals surface area contributed by atoms with Gasteiger partial charge in [-0.25, -0.2) is 4.98 Å². The van der Waals surface area contributed by atoms with E-state index in [1.807, 2.05) is 42.6 Å². The molecule has 0 unspecified atom stereocenters. The number of pyridine rings is 1. The molecule has 0 aliphatic heterocycles. The number of carbonyl (C=O) groups is 1. The molecule has 4 rings (SSSR count). The standard InChI is InChI=1S/C20H15BrClIN4O/c21-10-1-2-17-12(5-10)15(9-26-17)18-8-14(20(28)25-4-3-24)13-6-11(23)7-16(22)19(13)27-18/h1-2,5-9,26H,3-4,24H2,(H,25,28). The fourth-order valence-corrected chi connectivity index (χ4v) is 4.59. The van der Waals surface area contributed by atoms with Gasteiger partial charge in [0.25, 0.3) is 5.91 Å². The summed E-state index contributed by atoms with van der Waals surface area (Å²) in [6, 6.07) is 11.6. The third-order valence-corrected chi connectivity index (χ3v) is 5.83. The minimum absolute atomic E-state index is 0.196. The topological polar surface area (TPSA) is 83.8 Å². The number of aromatic nitrogens is 2. The summed E-state index contributed by atoms with van der Waals surface area (Å²) in [6.45, 7) is 0.770. The van der Waals surface area contributed by atoms with Crippen LogP contribution in [0.2, 0.25) is 5.02 Å². The van der Waals surface area contributed by atoms with Crippen LogP contribution in [0.1, 0.15) is 10.4 Å². The van der Waals surface area contributed by atoms with Crippen LogP contribution >= 0.6 is 50.1 Å². The highest BCUT2D eigenvalue weighted by Gasteiger charge is 2.18. The van der Waals surface area contributed by atoms with Crippen LogP contribution in [-0.4, -0.2) is 29.0 Å². The lowest BCUT2D eigenvalue weighted by atomic mass is 10.0. The average molecular weight is 570 g/mol. The van der Waals surface area contributed by atoms with Crippen molar-refractivity contribution in [3.63, 3.8) is 0 Å². The second-order valence-electron chi connectivity index (χ2n) is 6.28. The van der Waals surface area contributed by atoms with E-state index in [9.17, 15) is 4.79 Å². The number of amides is 1. The van der Waals surface area contributed by atoms with E-state index in [1.54, 1.807) is 0 Å². The first-order chi connectivity index (χ1) is 13.5. The molecule has 0 saturated heterocycles. The molecule has 0 bridgehead atoms. The number of benzene rings is 2. The Balaban J connectivity index is 1.99. The van der Waals surface area contributed by atoms with E-state index in [0.717, 1.165) is 29.9 Å². The SMILES string of the molecule is NCCNC(=O)c1cc(-c2c[nH]c3ccc(Br)cc23)nc2c(Cl)cc(I)cc12. The summed E-state index contributed by atoms with van der Waals surface area (Å²) < 4.78 is 1.91. The molecule has 0 spiro atoms. The van der Waals surface area contributed by atoms with E-state index in [-0.39, 0.29) is 5.91 Å². The summed E-state index contributed by atoms with van der Waals surface area (Å²) in [7, 11) is 0. The largest absolute Gasteiger partial charge is 0.360 e. The molecule has 2 heterocycles. The van der Waals surface area contributed by atoms with Crippen molar-refractivity contribution < 1.29 is 4.79 Å². The molecule has 4 aromatic rings. The number of hydrogen-bond donors (Lipinski definition) is 3. The summed E-state index contributed by atoms with van der Waals surface area (Å²) in [5.41, 5.74) is 9.24. The number of fused-ring (bicyclic) bond motifs is 2. The highest BCUT2D eigenvalue weighted by atomic mass is 127. The van der Waals surface area contributed by atoms with Crippen molar-refractivity contribution in [3.8, 4) is 11.3 Å². The molecule has 0 atom stereocenters. The summed E-state index contributed by atoms with van der Waals surface area (Å²) in [6.07, 6.45) is 1.90. The van der Waals surface area contributed by atoms with Crippen molar-refractivity contribution in [1.82, 2.24) is 15.3 Å². The van der Waals surface area contributed by atoms with Gasteiger partial charge in [-0.05, 0) is 59.0 Å².